The topological polar surface area (TPSA) is 87.7 Å². The molecule has 1 aliphatic carbocycles. The number of anilines is 1. The van der Waals surface area contributed by atoms with Gasteiger partial charge in [0.25, 0.3) is 0 Å². The Labute approximate surface area is 164 Å². The maximum atomic E-state index is 12.2. The highest BCUT2D eigenvalue weighted by Crippen LogP contribution is 2.45. The minimum Gasteiger partial charge on any atom is -0.406 e. The Morgan fingerprint density at radius 3 is 2.17 bits per heavy atom. The van der Waals surface area contributed by atoms with Crippen molar-refractivity contribution in [3.8, 4) is 5.75 Å². The highest BCUT2D eigenvalue weighted by molar-refractivity contribution is 6.39. The highest BCUT2D eigenvalue weighted by Gasteiger charge is 2.45. The molecule has 1 fully saturated rings. The molecule has 9 heteroatoms. The van der Waals surface area contributed by atoms with E-state index in [0.717, 1.165) is 25.0 Å². The smallest absolute Gasteiger partial charge is 0.406 e. The molecule has 0 aliphatic heterocycles. The van der Waals surface area contributed by atoms with Crippen LogP contribution in [0.5, 0.6) is 5.75 Å². The minimum atomic E-state index is -4.82. The summed E-state index contributed by atoms with van der Waals surface area (Å²) >= 11 is 0. The summed E-state index contributed by atoms with van der Waals surface area (Å²) in [6.45, 7) is -0.133. The second-order valence-electron chi connectivity index (χ2n) is 6.77. The molecular weight excluding hydrogens is 389 g/mol. The molecule has 1 unspecified atom stereocenters. The van der Waals surface area contributed by atoms with Crippen LogP contribution in [0.15, 0.2) is 54.6 Å². The van der Waals surface area contributed by atoms with Crippen LogP contribution < -0.4 is 15.4 Å². The number of nitrogens with one attached hydrogen (secondary N) is 2. The van der Waals surface area contributed by atoms with E-state index in [1.54, 1.807) is 24.3 Å². The second kappa shape index (κ2) is 8.12. The van der Waals surface area contributed by atoms with Gasteiger partial charge in [-0.25, -0.2) is 0 Å². The van der Waals surface area contributed by atoms with Crippen LogP contribution >= 0.6 is 0 Å². The van der Waals surface area contributed by atoms with E-state index in [1.165, 1.54) is 12.1 Å². The lowest BCUT2D eigenvalue weighted by Crippen LogP contribution is -2.45. The monoisotopic (exact) mass is 408 g/mol. The lowest BCUT2D eigenvalue weighted by molar-refractivity contribution is -0.274. The summed E-state index contributed by atoms with van der Waals surface area (Å²) in [4.78, 5) is 24.2. The van der Waals surface area contributed by atoms with Gasteiger partial charge < -0.3 is 20.5 Å². The normalized spacial score (nSPS) is 15.9. The van der Waals surface area contributed by atoms with Crippen LogP contribution in [0.3, 0.4) is 0 Å². The molecule has 0 bridgehead atoms. The Balaban J connectivity index is 1.57. The summed E-state index contributed by atoms with van der Waals surface area (Å²) < 4.78 is 40.2. The predicted molar refractivity (Wildman–Crippen MR) is 97.8 cm³/mol. The first-order valence-electron chi connectivity index (χ1n) is 8.90. The third-order valence-electron chi connectivity index (χ3n) is 4.60. The molecule has 1 saturated carbocycles. The summed E-state index contributed by atoms with van der Waals surface area (Å²) in [7, 11) is 0. The Morgan fingerprint density at radius 2 is 1.62 bits per heavy atom. The number of halogens is 3. The molecule has 2 amide bonds. The number of hydrogen-bond donors (Lipinski definition) is 3. The molecule has 6 nitrogen and oxygen atoms in total. The van der Waals surface area contributed by atoms with Crippen molar-refractivity contribution in [2.75, 3.05) is 11.9 Å². The number of carbonyl (C=O) groups is 2. The van der Waals surface area contributed by atoms with Gasteiger partial charge in [-0.15, -0.1) is 13.2 Å². The molecule has 3 rings (SSSR count). The van der Waals surface area contributed by atoms with E-state index in [4.69, 9.17) is 0 Å². The first kappa shape index (κ1) is 20.7. The Kier molecular flexibility index (Phi) is 5.78. The molecule has 154 valence electrons. The zero-order valence-electron chi connectivity index (χ0n) is 15.2. The quantitative estimate of drug-likeness (QED) is 0.642. The van der Waals surface area contributed by atoms with Gasteiger partial charge in [0.1, 0.15) is 11.4 Å². The number of rotatable bonds is 6. The van der Waals surface area contributed by atoms with Crippen molar-refractivity contribution >= 4 is 17.5 Å². The average molecular weight is 408 g/mol. The van der Waals surface area contributed by atoms with Crippen LogP contribution in [0, 0.1) is 5.92 Å². The molecule has 3 N–H and O–H groups in total. The lowest BCUT2D eigenvalue weighted by atomic mass is 9.88. The maximum absolute atomic E-state index is 12.2. The SMILES string of the molecule is O=C(NCC(O)(c1ccccc1)C1CC1)C(=O)Nc1ccc(OC(F)(F)F)cc1. The van der Waals surface area contributed by atoms with Crippen molar-refractivity contribution < 1.29 is 32.6 Å². The van der Waals surface area contributed by atoms with Crippen LogP contribution in [-0.2, 0) is 15.2 Å². The van der Waals surface area contributed by atoms with Gasteiger partial charge in [-0.2, -0.15) is 0 Å². The van der Waals surface area contributed by atoms with Crippen molar-refractivity contribution in [1.29, 1.82) is 0 Å². The lowest BCUT2D eigenvalue weighted by Gasteiger charge is -2.29. The van der Waals surface area contributed by atoms with Crippen LogP contribution in [0.25, 0.3) is 0 Å². The van der Waals surface area contributed by atoms with Crippen LogP contribution in [0.1, 0.15) is 18.4 Å². The number of carbonyl (C=O) groups excluding carboxylic acids is 2. The van der Waals surface area contributed by atoms with Crippen LogP contribution in [0.4, 0.5) is 18.9 Å². The number of aliphatic hydroxyl groups is 1. The van der Waals surface area contributed by atoms with Crippen LogP contribution in [-0.4, -0.2) is 29.8 Å². The predicted octanol–water partition coefficient (Wildman–Crippen LogP) is 2.94. The standard InChI is InChI=1S/C20H19F3N2O4/c21-20(22,23)29-16-10-8-15(9-11-16)25-18(27)17(26)24-12-19(28,14-6-7-14)13-4-2-1-3-5-13/h1-5,8-11,14,28H,6-7,12H2,(H,24,26)(H,25,27). The third kappa shape index (κ3) is 5.47. The Hall–Kier alpha value is -3.07. The van der Waals surface area contributed by atoms with E-state index in [9.17, 15) is 27.9 Å². The molecule has 0 heterocycles. The second-order valence-corrected chi connectivity index (χ2v) is 6.77. The van der Waals surface area contributed by atoms with Gasteiger partial charge in [-0.3, -0.25) is 9.59 Å². The molecule has 29 heavy (non-hydrogen) atoms. The summed E-state index contributed by atoms with van der Waals surface area (Å²) in [5.41, 5.74) is -0.489. The molecule has 0 radical (unpaired) electrons. The van der Waals surface area contributed by atoms with E-state index >= 15 is 0 Å². The fraction of sp³-hybridized carbons (Fsp3) is 0.300. The van der Waals surface area contributed by atoms with Gasteiger partial charge >= 0.3 is 18.2 Å². The minimum absolute atomic E-state index is 0.00515. The van der Waals surface area contributed by atoms with E-state index in [2.05, 4.69) is 15.4 Å². The van der Waals surface area contributed by atoms with Gasteiger partial charge in [-0.1, -0.05) is 30.3 Å². The summed E-state index contributed by atoms with van der Waals surface area (Å²) in [5.74, 6) is -2.41. The number of ether oxygens (including phenoxy) is 1. The molecule has 0 saturated heterocycles. The summed E-state index contributed by atoms with van der Waals surface area (Å²) in [6, 6.07) is 13.3. The van der Waals surface area contributed by atoms with Gasteiger partial charge in [0.2, 0.25) is 0 Å². The average Bonchev–Trinajstić information content (AvgIpc) is 3.52. The molecule has 1 aliphatic rings. The molecule has 2 aromatic carbocycles. The molecule has 0 spiro atoms. The number of alkyl halides is 3. The summed E-state index contributed by atoms with van der Waals surface area (Å²) in [6.07, 6.45) is -3.18. The first-order chi connectivity index (χ1) is 13.7. The van der Waals surface area contributed by atoms with E-state index in [0.29, 0.717) is 5.56 Å². The van der Waals surface area contributed by atoms with Gasteiger partial charge in [0.15, 0.2) is 0 Å². The van der Waals surface area contributed by atoms with E-state index < -0.39 is 29.5 Å². The van der Waals surface area contributed by atoms with E-state index in [-0.39, 0.29) is 18.2 Å². The van der Waals surface area contributed by atoms with Gasteiger partial charge in [0, 0.05) is 5.69 Å². The van der Waals surface area contributed by atoms with Gasteiger partial charge in [-0.05, 0) is 48.6 Å². The maximum Gasteiger partial charge on any atom is 0.573 e. The van der Waals surface area contributed by atoms with Crippen molar-refractivity contribution in [2.45, 2.75) is 24.8 Å². The van der Waals surface area contributed by atoms with Crippen molar-refractivity contribution in [3.63, 3.8) is 0 Å². The summed E-state index contributed by atoms with van der Waals surface area (Å²) in [5, 5.41) is 15.7. The van der Waals surface area contributed by atoms with Crippen LogP contribution in [0.2, 0.25) is 0 Å². The Bertz CT molecular complexity index is 868. The largest absolute Gasteiger partial charge is 0.573 e. The number of benzene rings is 2. The first-order valence-corrected chi connectivity index (χ1v) is 8.90. The molecule has 0 aromatic heterocycles. The fourth-order valence-electron chi connectivity index (χ4n) is 2.99. The zero-order valence-corrected chi connectivity index (χ0v) is 15.2. The molecule has 2 aromatic rings. The van der Waals surface area contributed by atoms with Crippen molar-refractivity contribution in [3.05, 3.63) is 60.2 Å². The van der Waals surface area contributed by atoms with Gasteiger partial charge in [0.05, 0.1) is 6.54 Å². The van der Waals surface area contributed by atoms with Crippen molar-refractivity contribution in [2.24, 2.45) is 5.92 Å². The number of amides is 2. The third-order valence-corrected chi connectivity index (χ3v) is 4.60. The zero-order chi connectivity index (χ0) is 21.1. The number of hydrogen-bond acceptors (Lipinski definition) is 4. The molecule has 1 atom stereocenters. The fourth-order valence-corrected chi connectivity index (χ4v) is 2.99. The highest BCUT2D eigenvalue weighted by atomic mass is 19.4. The molecular formula is C20H19F3N2O4. The van der Waals surface area contributed by atoms with E-state index in [1.807, 2.05) is 6.07 Å². The van der Waals surface area contributed by atoms with Crippen molar-refractivity contribution in [1.82, 2.24) is 5.32 Å². The Morgan fingerprint density at radius 1 is 1.00 bits per heavy atom.